The van der Waals surface area contributed by atoms with E-state index in [1.807, 2.05) is 0 Å². The smallest absolute Gasteiger partial charge is 0.229 e. The van der Waals surface area contributed by atoms with Crippen LogP contribution in [0, 0.1) is 5.92 Å². The highest BCUT2D eigenvalue weighted by molar-refractivity contribution is 7.81. The molecule has 0 aliphatic heterocycles. The molecule has 0 unspecified atom stereocenters. The number of carbonyl (C=O) groups excluding carboxylic acids is 1. The van der Waals surface area contributed by atoms with Crippen LogP contribution >= 0.6 is 12.6 Å². The number of rotatable bonds is 3. The molecular weight excluding hydrogens is 134 g/mol. The summed E-state index contributed by atoms with van der Waals surface area (Å²) in [6.07, 6.45) is 0. The third-order valence-corrected chi connectivity index (χ3v) is 1.14. The first-order valence-corrected chi connectivity index (χ1v) is 3.67. The monoisotopic (exact) mass is 147 g/mol. The average Bonchev–Trinajstić information content (AvgIpc) is 1.83. The molecule has 0 aromatic heterocycles. The van der Waals surface area contributed by atoms with Gasteiger partial charge >= 0.3 is 0 Å². The van der Waals surface area contributed by atoms with Crippen LogP contribution in [0.2, 0.25) is 0 Å². The quantitative estimate of drug-likeness (QED) is 0.565. The molecule has 0 saturated carbocycles. The van der Waals surface area contributed by atoms with Gasteiger partial charge in [-0.2, -0.15) is 12.6 Å². The van der Waals surface area contributed by atoms with E-state index in [-0.39, 0.29) is 11.7 Å². The van der Waals surface area contributed by atoms with Gasteiger partial charge in [0.1, 0.15) is 0 Å². The first kappa shape index (κ1) is 8.82. The van der Waals surface area contributed by atoms with Crippen LogP contribution in [0.3, 0.4) is 0 Å². The van der Waals surface area contributed by atoms with Crippen LogP contribution in [-0.2, 0) is 4.79 Å². The Morgan fingerprint density at radius 3 is 2.56 bits per heavy atom. The van der Waals surface area contributed by atoms with Gasteiger partial charge in [-0.1, -0.05) is 13.8 Å². The zero-order valence-corrected chi connectivity index (χ0v) is 6.74. The van der Waals surface area contributed by atoms with Gasteiger partial charge in [0.2, 0.25) is 5.91 Å². The van der Waals surface area contributed by atoms with Crippen LogP contribution < -0.4 is 5.32 Å². The Hall–Kier alpha value is -0.180. The molecule has 0 rings (SSSR count). The van der Waals surface area contributed by atoms with Gasteiger partial charge in [-0.3, -0.25) is 4.79 Å². The minimum Gasteiger partial charge on any atom is -0.355 e. The van der Waals surface area contributed by atoms with Crippen molar-refractivity contribution in [2.45, 2.75) is 13.8 Å². The summed E-state index contributed by atoms with van der Waals surface area (Å²) in [6, 6.07) is 0. The molecule has 0 aromatic rings. The van der Waals surface area contributed by atoms with Gasteiger partial charge in [0, 0.05) is 6.54 Å². The fourth-order valence-corrected chi connectivity index (χ4v) is 0.486. The second-order valence-corrected chi connectivity index (χ2v) is 2.67. The second kappa shape index (κ2) is 4.68. The van der Waals surface area contributed by atoms with Crippen LogP contribution in [0.15, 0.2) is 0 Å². The molecule has 0 aliphatic carbocycles. The maximum Gasteiger partial charge on any atom is 0.229 e. The summed E-state index contributed by atoms with van der Waals surface area (Å²) in [6.45, 7) is 4.86. The number of hydrogen-bond donors (Lipinski definition) is 2. The predicted molar refractivity (Wildman–Crippen MR) is 41.7 cm³/mol. The molecule has 0 spiro atoms. The molecule has 1 amide bonds. The van der Waals surface area contributed by atoms with Crippen molar-refractivity contribution in [3.8, 4) is 0 Å². The summed E-state index contributed by atoms with van der Waals surface area (Å²) in [7, 11) is 0. The van der Waals surface area contributed by atoms with Crippen molar-refractivity contribution in [3.05, 3.63) is 0 Å². The number of nitrogens with one attached hydrogen (secondary N) is 1. The number of thiol groups is 1. The Balaban J connectivity index is 3.17. The van der Waals surface area contributed by atoms with Crippen molar-refractivity contribution < 1.29 is 4.79 Å². The van der Waals surface area contributed by atoms with E-state index in [0.717, 1.165) is 6.54 Å². The summed E-state index contributed by atoms with van der Waals surface area (Å²) in [5.41, 5.74) is 0. The van der Waals surface area contributed by atoms with Gasteiger partial charge in [-0.25, -0.2) is 0 Å². The van der Waals surface area contributed by atoms with E-state index in [2.05, 4.69) is 31.8 Å². The Kier molecular flexibility index (Phi) is 4.58. The third-order valence-electron chi connectivity index (χ3n) is 0.851. The molecule has 0 aliphatic rings. The van der Waals surface area contributed by atoms with Crippen molar-refractivity contribution in [3.63, 3.8) is 0 Å². The van der Waals surface area contributed by atoms with E-state index >= 15 is 0 Å². The zero-order valence-electron chi connectivity index (χ0n) is 5.85. The first-order chi connectivity index (χ1) is 4.16. The summed E-state index contributed by atoms with van der Waals surface area (Å²) in [5.74, 6) is 0.813. The largest absolute Gasteiger partial charge is 0.355 e. The van der Waals surface area contributed by atoms with E-state index in [4.69, 9.17) is 0 Å². The molecule has 9 heavy (non-hydrogen) atoms. The van der Waals surface area contributed by atoms with Crippen LogP contribution in [0.1, 0.15) is 13.8 Å². The summed E-state index contributed by atoms with van der Waals surface area (Å²) in [5, 5.41) is 2.72. The fourth-order valence-electron chi connectivity index (χ4n) is 0.374. The van der Waals surface area contributed by atoms with Crippen molar-refractivity contribution >= 4 is 18.5 Å². The lowest BCUT2D eigenvalue weighted by molar-refractivity contribution is -0.118. The first-order valence-electron chi connectivity index (χ1n) is 3.04. The van der Waals surface area contributed by atoms with E-state index in [0.29, 0.717) is 5.92 Å². The Morgan fingerprint density at radius 1 is 1.67 bits per heavy atom. The summed E-state index contributed by atoms with van der Waals surface area (Å²) in [4.78, 5) is 10.5. The van der Waals surface area contributed by atoms with Crippen molar-refractivity contribution in [2.75, 3.05) is 12.3 Å². The van der Waals surface area contributed by atoms with Gasteiger partial charge in [0.05, 0.1) is 5.75 Å². The minimum absolute atomic E-state index is 0.00651. The number of carbonyl (C=O) groups is 1. The molecule has 0 saturated heterocycles. The highest BCUT2D eigenvalue weighted by Crippen LogP contribution is 1.86. The molecule has 2 nitrogen and oxygen atoms in total. The highest BCUT2D eigenvalue weighted by atomic mass is 32.1. The second-order valence-electron chi connectivity index (χ2n) is 2.36. The van der Waals surface area contributed by atoms with E-state index in [1.54, 1.807) is 0 Å². The van der Waals surface area contributed by atoms with Crippen LogP contribution in [0.25, 0.3) is 0 Å². The van der Waals surface area contributed by atoms with E-state index in [9.17, 15) is 4.79 Å². The van der Waals surface area contributed by atoms with Crippen molar-refractivity contribution in [2.24, 2.45) is 5.92 Å². The third kappa shape index (κ3) is 5.69. The van der Waals surface area contributed by atoms with Crippen LogP contribution in [0.5, 0.6) is 0 Å². The SMILES string of the molecule is CC(C)CNC(=O)CS. The fraction of sp³-hybridized carbons (Fsp3) is 0.833. The van der Waals surface area contributed by atoms with E-state index < -0.39 is 0 Å². The molecule has 54 valence electrons. The number of hydrogen-bond acceptors (Lipinski definition) is 2. The van der Waals surface area contributed by atoms with Crippen LogP contribution in [0.4, 0.5) is 0 Å². The maximum atomic E-state index is 10.5. The molecule has 0 radical (unpaired) electrons. The predicted octanol–water partition coefficient (Wildman–Crippen LogP) is 0.688. The van der Waals surface area contributed by atoms with Gasteiger partial charge in [-0.05, 0) is 5.92 Å². The molecular formula is C6H13NOS. The van der Waals surface area contributed by atoms with Crippen molar-refractivity contribution in [1.82, 2.24) is 5.32 Å². The Bertz CT molecular complexity index is 93.1. The number of amides is 1. The molecule has 3 heteroatoms. The Labute approximate surface area is 61.4 Å². The summed E-state index contributed by atoms with van der Waals surface area (Å²) < 4.78 is 0. The molecule has 0 fully saturated rings. The molecule has 1 N–H and O–H groups in total. The van der Waals surface area contributed by atoms with Gasteiger partial charge < -0.3 is 5.32 Å². The van der Waals surface area contributed by atoms with Crippen molar-refractivity contribution in [1.29, 1.82) is 0 Å². The topological polar surface area (TPSA) is 29.1 Å². The van der Waals surface area contributed by atoms with Crippen LogP contribution in [-0.4, -0.2) is 18.2 Å². The lowest BCUT2D eigenvalue weighted by Crippen LogP contribution is -2.28. The van der Waals surface area contributed by atoms with Gasteiger partial charge in [0.25, 0.3) is 0 Å². The molecule has 0 atom stereocenters. The maximum absolute atomic E-state index is 10.5. The molecule has 0 bridgehead atoms. The van der Waals surface area contributed by atoms with Gasteiger partial charge in [0.15, 0.2) is 0 Å². The Morgan fingerprint density at radius 2 is 2.22 bits per heavy atom. The molecule has 0 aromatic carbocycles. The average molecular weight is 147 g/mol. The minimum atomic E-state index is 0.00651. The highest BCUT2D eigenvalue weighted by Gasteiger charge is 1.96. The van der Waals surface area contributed by atoms with E-state index in [1.165, 1.54) is 0 Å². The zero-order chi connectivity index (χ0) is 7.28. The standard InChI is InChI=1S/C6H13NOS/c1-5(2)3-7-6(8)4-9/h5,9H,3-4H2,1-2H3,(H,7,8). The van der Waals surface area contributed by atoms with Gasteiger partial charge in [-0.15, -0.1) is 0 Å². The lowest BCUT2D eigenvalue weighted by Gasteiger charge is -2.04. The normalized spacial score (nSPS) is 9.78. The molecule has 0 heterocycles. The lowest BCUT2D eigenvalue weighted by atomic mass is 10.2. The summed E-state index contributed by atoms with van der Waals surface area (Å²) >= 11 is 3.81.